The molecule has 6 nitrogen and oxygen atoms in total. The van der Waals surface area contributed by atoms with Crippen molar-refractivity contribution in [3.63, 3.8) is 0 Å². The fourth-order valence-corrected chi connectivity index (χ4v) is 2.60. The zero-order valence-corrected chi connectivity index (χ0v) is 15.8. The minimum atomic E-state index is -0.395. The van der Waals surface area contributed by atoms with Crippen LogP contribution in [0.25, 0.3) is 0 Å². The van der Waals surface area contributed by atoms with E-state index in [0.717, 1.165) is 0 Å². The zero-order chi connectivity index (χ0) is 19.9. The number of carbonyl (C=O) groups is 2. The molecule has 28 heavy (non-hydrogen) atoms. The van der Waals surface area contributed by atoms with Crippen molar-refractivity contribution in [1.29, 1.82) is 0 Å². The average molecular weight is 396 g/mol. The lowest BCUT2D eigenvalue weighted by Crippen LogP contribution is -2.19. The van der Waals surface area contributed by atoms with Crippen molar-refractivity contribution in [3.05, 3.63) is 83.4 Å². The van der Waals surface area contributed by atoms with Crippen molar-refractivity contribution < 1.29 is 14.3 Å². The molecule has 0 atom stereocenters. The fourth-order valence-electron chi connectivity index (χ4n) is 2.47. The maximum Gasteiger partial charge on any atom is 0.323 e. The van der Waals surface area contributed by atoms with E-state index in [1.165, 1.54) is 0 Å². The topological polar surface area (TPSA) is 79.5 Å². The molecule has 0 fully saturated rings. The second kappa shape index (κ2) is 8.92. The second-order valence-electron chi connectivity index (χ2n) is 5.82. The monoisotopic (exact) mass is 395 g/mol. The van der Waals surface area contributed by atoms with Gasteiger partial charge in [-0.25, -0.2) is 4.79 Å². The molecular formula is C21H18ClN3O3. The first-order chi connectivity index (χ1) is 13.5. The average Bonchev–Trinajstić information content (AvgIpc) is 2.70. The number of benzene rings is 3. The summed E-state index contributed by atoms with van der Waals surface area (Å²) >= 11 is 5.82. The van der Waals surface area contributed by atoms with Crippen molar-refractivity contribution >= 4 is 40.6 Å². The zero-order valence-electron chi connectivity index (χ0n) is 15.0. The number of amides is 3. The molecule has 0 radical (unpaired) electrons. The van der Waals surface area contributed by atoms with Crippen LogP contribution in [0.5, 0.6) is 5.75 Å². The van der Waals surface area contributed by atoms with Gasteiger partial charge >= 0.3 is 6.03 Å². The summed E-state index contributed by atoms with van der Waals surface area (Å²) in [5, 5.41) is 8.79. The lowest BCUT2D eigenvalue weighted by atomic mass is 10.2. The first-order valence-electron chi connectivity index (χ1n) is 8.43. The Hall–Kier alpha value is -3.51. The van der Waals surface area contributed by atoms with E-state index in [9.17, 15) is 9.59 Å². The molecule has 3 aromatic rings. The molecule has 3 rings (SSSR count). The van der Waals surface area contributed by atoms with Gasteiger partial charge in [-0.2, -0.15) is 0 Å². The van der Waals surface area contributed by atoms with E-state index in [1.54, 1.807) is 67.8 Å². The molecule has 0 unspecified atom stereocenters. The summed E-state index contributed by atoms with van der Waals surface area (Å²) in [5.41, 5.74) is 2.21. The molecule has 0 aromatic heterocycles. The van der Waals surface area contributed by atoms with Crippen LogP contribution in [-0.4, -0.2) is 19.0 Å². The van der Waals surface area contributed by atoms with E-state index in [4.69, 9.17) is 16.3 Å². The van der Waals surface area contributed by atoms with Gasteiger partial charge in [-0.3, -0.25) is 4.79 Å². The quantitative estimate of drug-likeness (QED) is 0.552. The number of hydrogen-bond acceptors (Lipinski definition) is 3. The summed E-state index contributed by atoms with van der Waals surface area (Å²) in [6.45, 7) is 0. The van der Waals surface area contributed by atoms with Gasteiger partial charge in [0.25, 0.3) is 5.91 Å². The van der Waals surface area contributed by atoms with Gasteiger partial charge in [0.15, 0.2) is 0 Å². The third-order valence-electron chi connectivity index (χ3n) is 3.86. The predicted molar refractivity (Wildman–Crippen MR) is 111 cm³/mol. The molecule has 0 aliphatic carbocycles. The third-order valence-corrected chi connectivity index (χ3v) is 4.11. The number of halogens is 1. The van der Waals surface area contributed by atoms with Crippen molar-refractivity contribution in [2.24, 2.45) is 0 Å². The molecular weight excluding hydrogens is 378 g/mol. The minimum absolute atomic E-state index is 0.276. The number of carbonyl (C=O) groups excluding carboxylic acids is 2. The molecule has 0 spiro atoms. The number of ether oxygens (including phenoxy) is 1. The molecule has 3 amide bonds. The number of hydrogen-bond donors (Lipinski definition) is 3. The van der Waals surface area contributed by atoms with Crippen molar-refractivity contribution in [3.8, 4) is 5.75 Å². The van der Waals surface area contributed by atoms with Gasteiger partial charge in [0.2, 0.25) is 0 Å². The summed E-state index contributed by atoms with van der Waals surface area (Å²) in [6.07, 6.45) is 0. The SMILES string of the molecule is COc1ccccc1NC(=O)c1ccc(NC(=O)Nc2ccc(Cl)cc2)cc1. The lowest BCUT2D eigenvalue weighted by Gasteiger charge is -2.11. The highest BCUT2D eigenvalue weighted by molar-refractivity contribution is 6.30. The van der Waals surface area contributed by atoms with Gasteiger partial charge in [0, 0.05) is 22.0 Å². The van der Waals surface area contributed by atoms with E-state index in [-0.39, 0.29) is 5.91 Å². The van der Waals surface area contributed by atoms with Crippen LogP contribution in [0.4, 0.5) is 21.9 Å². The highest BCUT2D eigenvalue weighted by Crippen LogP contribution is 2.24. The molecule has 0 aliphatic rings. The summed E-state index contributed by atoms with van der Waals surface area (Å²) in [4.78, 5) is 24.5. The van der Waals surface area contributed by atoms with E-state index in [2.05, 4.69) is 16.0 Å². The Morgan fingerprint density at radius 1 is 0.786 bits per heavy atom. The Morgan fingerprint density at radius 2 is 1.36 bits per heavy atom. The van der Waals surface area contributed by atoms with Crippen LogP contribution in [0.15, 0.2) is 72.8 Å². The Balaban J connectivity index is 1.60. The Kier molecular flexibility index (Phi) is 6.14. The minimum Gasteiger partial charge on any atom is -0.495 e. The summed E-state index contributed by atoms with van der Waals surface area (Å²) in [5.74, 6) is 0.301. The number of methoxy groups -OCH3 is 1. The van der Waals surface area contributed by atoms with Crippen LogP contribution < -0.4 is 20.7 Å². The molecule has 0 saturated carbocycles. The van der Waals surface area contributed by atoms with Crippen LogP contribution in [-0.2, 0) is 0 Å². The first-order valence-corrected chi connectivity index (χ1v) is 8.81. The molecule has 3 aromatic carbocycles. The maximum atomic E-state index is 12.4. The normalized spacial score (nSPS) is 10.1. The van der Waals surface area contributed by atoms with Crippen LogP contribution in [0.2, 0.25) is 5.02 Å². The first kappa shape index (κ1) is 19.3. The summed E-state index contributed by atoms with van der Waals surface area (Å²) < 4.78 is 5.22. The van der Waals surface area contributed by atoms with Gasteiger partial charge in [-0.1, -0.05) is 23.7 Å². The van der Waals surface area contributed by atoms with Gasteiger partial charge < -0.3 is 20.7 Å². The highest BCUT2D eigenvalue weighted by Gasteiger charge is 2.10. The molecule has 0 bridgehead atoms. The van der Waals surface area contributed by atoms with Crippen LogP contribution in [0.1, 0.15) is 10.4 Å². The van der Waals surface area contributed by atoms with Crippen LogP contribution >= 0.6 is 11.6 Å². The third kappa shape index (κ3) is 5.02. The standard InChI is InChI=1S/C21H18ClN3O3/c1-28-19-5-3-2-4-18(19)25-20(26)14-6-10-16(11-7-14)23-21(27)24-17-12-8-15(22)9-13-17/h2-13H,1H3,(H,25,26)(H2,23,24,27). The number of nitrogens with one attached hydrogen (secondary N) is 3. The molecule has 3 N–H and O–H groups in total. The maximum absolute atomic E-state index is 12.4. The van der Waals surface area contributed by atoms with Gasteiger partial charge in [0.1, 0.15) is 5.75 Å². The highest BCUT2D eigenvalue weighted by atomic mass is 35.5. The van der Waals surface area contributed by atoms with E-state index in [0.29, 0.717) is 33.4 Å². The van der Waals surface area contributed by atoms with E-state index in [1.807, 2.05) is 12.1 Å². The van der Waals surface area contributed by atoms with Gasteiger partial charge in [0.05, 0.1) is 12.8 Å². The molecule has 142 valence electrons. The second-order valence-corrected chi connectivity index (χ2v) is 6.25. The van der Waals surface area contributed by atoms with E-state index < -0.39 is 6.03 Å². The van der Waals surface area contributed by atoms with Gasteiger partial charge in [-0.15, -0.1) is 0 Å². The Labute approximate surface area is 167 Å². The Morgan fingerprint density at radius 3 is 1.96 bits per heavy atom. The van der Waals surface area contributed by atoms with Crippen LogP contribution in [0, 0.1) is 0 Å². The number of para-hydroxylation sites is 2. The number of urea groups is 1. The number of anilines is 3. The smallest absolute Gasteiger partial charge is 0.323 e. The molecule has 7 heteroatoms. The van der Waals surface area contributed by atoms with E-state index >= 15 is 0 Å². The van der Waals surface area contributed by atoms with Crippen molar-refractivity contribution in [1.82, 2.24) is 0 Å². The van der Waals surface area contributed by atoms with Crippen molar-refractivity contribution in [2.75, 3.05) is 23.1 Å². The summed E-state index contributed by atoms with van der Waals surface area (Å²) in [7, 11) is 1.54. The van der Waals surface area contributed by atoms with Crippen molar-refractivity contribution in [2.45, 2.75) is 0 Å². The van der Waals surface area contributed by atoms with Crippen LogP contribution in [0.3, 0.4) is 0 Å². The summed E-state index contributed by atoms with van der Waals surface area (Å²) in [6, 6.07) is 20.1. The lowest BCUT2D eigenvalue weighted by molar-refractivity contribution is 0.102. The number of rotatable bonds is 5. The largest absolute Gasteiger partial charge is 0.495 e. The Bertz CT molecular complexity index is 973. The molecule has 0 aliphatic heterocycles. The van der Waals surface area contributed by atoms with Gasteiger partial charge in [-0.05, 0) is 60.7 Å². The predicted octanol–water partition coefficient (Wildman–Crippen LogP) is 5.24. The molecule has 0 heterocycles. The fraction of sp³-hybridized carbons (Fsp3) is 0.0476. The molecule has 0 saturated heterocycles.